The summed E-state index contributed by atoms with van der Waals surface area (Å²) in [6.07, 6.45) is 0. The summed E-state index contributed by atoms with van der Waals surface area (Å²) >= 11 is 1.71. The molecule has 1 atom stereocenters. The Hall–Kier alpha value is -1.40. The molecule has 1 unspecified atom stereocenters. The average Bonchev–Trinajstić information content (AvgIpc) is 2.94. The van der Waals surface area contributed by atoms with Crippen molar-refractivity contribution in [1.29, 1.82) is 0 Å². The van der Waals surface area contributed by atoms with Crippen molar-refractivity contribution >= 4 is 17.2 Å². The van der Waals surface area contributed by atoms with Gasteiger partial charge in [-0.25, -0.2) is 9.67 Å². The van der Waals surface area contributed by atoms with Gasteiger partial charge in [0.05, 0.1) is 16.4 Å². The highest BCUT2D eigenvalue weighted by atomic mass is 32.1. The average molecular weight is 277 g/mol. The Kier molecular flexibility index (Phi) is 3.52. The molecule has 0 saturated heterocycles. The van der Waals surface area contributed by atoms with Gasteiger partial charge in [-0.1, -0.05) is 0 Å². The second kappa shape index (κ2) is 5.30. The Morgan fingerprint density at radius 1 is 1.53 bits per heavy atom. The molecular weight excluding hydrogens is 258 g/mol. The number of nitrogens with zero attached hydrogens (tertiary/aromatic N) is 3. The maximum atomic E-state index is 4.49. The third-order valence-electron chi connectivity index (χ3n) is 3.31. The zero-order valence-corrected chi connectivity index (χ0v) is 12.1. The van der Waals surface area contributed by atoms with E-state index in [1.807, 2.05) is 13.8 Å². The monoisotopic (exact) mass is 277 g/mol. The van der Waals surface area contributed by atoms with Crippen molar-refractivity contribution in [1.82, 2.24) is 20.1 Å². The summed E-state index contributed by atoms with van der Waals surface area (Å²) < 4.78 is 2.07. The molecule has 2 aromatic heterocycles. The van der Waals surface area contributed by atoms with E-state index in [-0.39, 0.29) is 0 Å². The molecule has 1 aliphatic heterocycles. The van der Waals surface area contributed by atoms with Crippen LogP contribution in [-0.4, -0.2) is 27.9 Å². The molecule has 0 saturated carbocycles. The van der Waals surface area contributed by atoms with Crippen molar-refractivity contribution in [3.8, 4) is 0 Å². The highest BCUT2D eigenvalue weighted by Gasteiger charge is 2.18. The minimum absolute atomic E-state index is 0.575. The van der Waals surface area contributed by atoms with Gasteiger partial charge in [0, 0.05) is 43.5 Å². The molecule has 102 valence electrons. The Balaban J connectivity index is 1.49. The van der Waals surface area contributed by atoms with Crippen molar-refractivity contribution in [3.63, 3.8) is 0 Å². The third-order valence-corrected chi connectivity index (χ3v) is 4.13. The summed E-state index contributed by atoms with van der Waals surface area (Å²) in [5, 5.41) is 14.7. The number of thiazole rings is 1. The molecule has 2 N–H and O–H groups in total. The summed E-state index contributed by atoms with van der Waals surface area (Å²) in [6.45, 7) is 7.91. The molecule has 3 rings (SSSR count). The van der Waals surface area contributed by atoms with E-state index < -0.39 is 0 Å². The van der Waals surface area contributed by atoms with Crippen LogP contribution in [0.4, 0.5) is 5.82 Å². The maximum absolute atomic E-state index is 4.49. The molecule has 5 nitrogen and oxygen atoms in total. The van der Waals surface area contributed by atoms with Gasteiger partial charge in [-0.2, -0.15) is 5.10 Å². The van der Waals surface area contributed by atoms with Crippen LogP contribution in [0.25, 0.3) is 0 Å². The van der Waals surface area contributed by atoms with Gasteiger partial charge in [0.2, 0.25) is 0 Å². The van der Waals surface area contributed by atoms with Crippen molar-refractivity contribution in [2.24, 2.45) is 5.92 Å². The van der Waals surface area contributed by atoms with E-state index >= 15 is 0 Å². The van der Waals surface area contributed by atoms with Crippen LogP contribution >= 0.6 is 11.3 Å². The molecule has 0 fully saturated rings. The van der Waals surface area contributed by atoms with Gasteiger partial charge in [0.25, 0.3) is 0 Å². The van der Waals surface area contributed by atoms with E-state index in [0.717, 1.165) is 48.4 Å². The van der Waals surface area contributed by atoms with Gasteiger partial charge in [-0.3, -0.25) is 0 Å². The smallest absolute Gasteiger partial charge is 0.124 e. The van der Waals surface area contributed by atoms with Crippen molar-refractivity contribution in [3.05, 3.63) is 27.8 Å². The van der Waals surface area contributed by atoms with E-state index in [0.29, 0.717) is 5.92 Å². The van der Waals surface area contributed by atoms with Gasteiger partial charge in [-0.05, 0) is 13.8 Å². The lowest BCUT2D eigenvalue weighted by molar-refractivity contribution is 0.390. The molecule has 2 aromatic rings. The third kappa shape index (κ3) is 2.96. The molecule has 0 amide bonds. The molecule has 6 heteroatoms. The van der Waals surface area contributed by atoms with Crippen molar-refractivity contribution in [2.45, 2.75) is 26.9 Å². The van der Waals surface area contributed by atoms with Crippen LogP contribution < -0.4 is 10.6 Å². The summed E-state index contributed by atoms with van der Waals surface area (Å²) in [4.78, 5) is 4.46. The first kappa shape index (κ1) is 12.6. The fraction of sp³-hybridized carbons (Fsp3) is 0.538. The molecule has 3 heterocycles. The standard InChI is InChI=1S/C13H19N5S/c1-9-3-13-15-5-11(7-18(13)17-9)4-14-6-12-8-19-10(2)16-12/h3,8,11,14-15H,4-7H2,1-2H3. The van der Waals surface area contributed by atoms with Crippen LogP contribution in [0, 0.1) is 19.8 Å². The van der Waals surface area contributed by atoms with Crippen LogP contribution in [0.3, 0.4) is 0 Å². The number of fused-ring (bicyclic) bond motifs is 1. The molecule has 0 aromatic carbocycles. The number of nitrogens with one attached hydrogen (secondary N) is 2. The summed E-state index contributed by atoms with van der Waals surface area (Å²) in [5.74, 6) is 1.72. The van der Waals surface area contributed by atoms with Crippen LogP contribution in [0.5, 0.6) is 0 Å². The van der Waals surface area contributed by atoms with Gasteiger partial charge >= 0.3 is 0 Å². The first-order chi connectivity index (χ1) is 9.20. The van der Waals surface area contributed by atoms with E-state index in [1.165, 1.54) is 0 Å². The molecule has 0 spiro atoms. The zero-order valence-electron chi connectivity index (χ0n) is 11.3. The topological polar surface area (TPSA) is 54.8 Å². The van der Waals surface area contributed by atoms with Crippen LogP contribution in [0.15, 0.2) is 11.4 Å². The Morgan fingerprint density at radius 2 is 2.42 bits per heavy atom. The molecule has 0 aliphatic carbocycles. The highest BCUT2D eigenvalue weighted by molar-refractivity contribution is 7.09. The minimum Gasteiger partial charge on any atom is -0.370 e. The quantitative estimate of drug-likeness (QED) is 0.894. The van der Waals surface area contributed by atoms with Crippen LogP contribution in [0.2, 0.25) is 0 Å². The predicted octanol–water partition coefficient (Wildman–Crippen LogP) is 1.79. The lowest BCUT2D eigenvalue weighted by Crippen LogP contribution is -2.35. The summed E-state index contributed by atoms with van der Waals surface area (Å²) in [7, 11) is 0. The van der Waals surface area contributed by atoms with Gasteiger partial charge in [0.1, 0.15) is 5.82 Å². The number of hydrogen-bond acceptors (Lipinski definition) is 5. The second-order valence-corrected chi connectivity index (χ2v) is 6.15. The molecule has 1 aliphatic rings. The number of aryl methyl sites for hydroxylation is 2. The van der Waals surface area contributed by atoms with Crippen molar-refractivity contribution < 1.29 is 0 Å². The number of anilines is 1. The van der Waals surface area contributed by atoms with Gasteiger partial charge < -0.3 is 10.6 Å². The Morgan fingerprint density at radius 3 is 3.21 bits per heavy atom. The highest BCUT2D eigenvalue weighted by Crippen LogP contribution is 2.18. The first-order valence-electron chi connectivity index (χ1n) is 6.61. The van der Waals surface area contributed by atoms with Crippen LogP contribution in [0.1, 0.15) is 16.4 Å². The summed E-state index contributed by atoms with van der Waals surface area (Å²) in [5.41, 5.74) is 2.22. The molecule has 0 bridgehead atoms. The second-order valence-electron chi connectivity index (χ2n) is 5.09. The number of rotatable bonds is 4. The van der Waals surface area contributed by atoms with E-state index in [9.17, 15) is 0 Å². The first-order valence-corrected chi connectivity index (χ1v) is 7.49. The normalized spacial score (nSPS) is 18.1. The van der Waals surface area contributed by atoms with Crippen LogP contribution in [-0.2, 0) is 13.1 Å². The Labute approximate surface area is 117 Å². The largest absolute Gasteiger partial charge is 0.370 e. The molecule has 19 heavy (non-hydrogen) atoms. The molecule has 0 radical (unpaired) electrons. The minimum atomic E-state index is 0.575. The van der Waals surface area contributed by atoms with Crippen molar-refractivity contribution in [2.75, 3.05) is 18.4 Å². The van der Waals surface area contributed by atoms with Gasteiger partial charge in [-0.15, -0.1) is 11.3 Å². The fourth-order valence-electron chi connectivity index (χ4n) is 2.42. The zero-order chi connectivity index (χ0) is 13.2. The van der Waals surface area contributed by atoms with E-state index in [2.05, 4.69) is 36.8 Å². The Bertz CT molecular complexity index is 559. The number of aromatic nitrogens is 3. The van der Waals surface area contributed by atoms with E-state index in [4.69, 9.17) is 0 Å². The SMILES string of the molecule is Cc1cc2n(n1)CC(CNCc1csc(C)n1)CN2. The predicted molar refractivity (Wildman–Crippen MR) is 77.5 cm³/mol. The number of hydrogen-bond donors (Lipinski definition) is 2. The summed E-state index contributed by atoms with van der Waals surface area (Å²) in [6, 6.07) is 2.10. The lowest BCUT2D eigenvalue weighted by atomic mass is 10.1. The molecular formula is C13H19N5S. The maximum Gasteiger partial charge on any atom is 0.124 e. The van der Waals surface area contributed by atoms with E-state index in [1.54, 1.807) is 11.3 Å². The lowest BCUT2D eigenvalue weighted by Gasteiger charge is -2.25. The van der Waals surface area contributed by atoms with Gasteiger partial charge in [0.15, 0.2) is 0 Å². The fourth-order valence-corrected chi connectivity index (χ4v) is 3.03.